The molecule has 20 heavy (non-hydrogen) atoms. The third-order valence-corrected chi connectivity index (χ3v) is 3.94. The van der Waals surface area contributed by atoms with Crippen LogP contribution in [0.4, 0.5) is 0 Å². The van der Waals surface area contributed by atoms with Gasteiger partial charge in [0.05, 0.1) is 11.0 Å². The third kappa shape index (κ3) is 5.68. The Balaban J connectivity index is 2.44. The van der Waals surface area contributed by atoms with Gasteiger partial charge in [-0.15, -0.1) is 0 Å². The minimum absolute atomic E-state index is 0.225. The van der Waals surface area contributed by atoms with Crippen LogP contribution < -0.4 is 11.1 Å². The van der Waals surface area contributed by atoms with Crippen molar-refractivity contribution in [3.63, 3.8) is 0 Å². The fourth-order valence-electron chi connectivity index (χ4n) is 1.68. The lowest BCUT2D eigenvalue weighted by Crippen LogP contribution is -2.23. The highest BCUT2D eigenvalue weighted by Crippen LogP contribution is 2.15. The van der Waals surface area contributed by atoms with Gasteiger partial charge in [0, 0.05) is 19.2 Å². The summed E-state index contributed by atoms with van der Waals surface area (Å²) < 4.78 is 22.6. The molecule has 0 saturated heterocycles. The number of aliphatic hydroxyl groups is 1. The van der Waals surface area contributed by atoms with Crippen LogP contribution in [-0.2, 0) is 14.6 Å². The topological polar surface area (TPSA) is 109 Å². The summed E-state index contributed by atoms with van der Waals surface area (Å²) in [5.41, 5.74) is 5.65. The van der Waals surface area contributed by atoms with E-state index in [0.29, 0.717) is 31.5 Å². The molecule has 0 aliphatic heterocycles. The zero-order chi connectivity index (χ0) is 15.2. The van der Waals surface area contributed by atoms with Gasteiger partial charge in [-0.25, -0.2) is 8.42 Å². The summed E-state index contributed by atoms with van der Waals surface area (Å²) in [7, 11) is -3.22. The molecule has 7 heteroatoms. The molecule has 1 aromatic rings. The Hall–Kier alpha value is -1.44. The van der Waals surface area contributed by atoms with Gasteiger partial charge < -0.3 is 16.2 Å². The van der Waals surface area contributed by atoms with Crippen LogP contribution in [-0.4, -0.2) is 38.8 Å². The van der Waals surface area contributed by atoms with E-state index in [1.165, 1.54) is 12.1 Å². The molecular weight excluding hydrogens is 280 g/mol. The van der Waals surface area contributed by atoms with Crippen molar-refractivity contribution in [1.29, 1.82) is 0 Å². The smallest absolute Gasteiger partial charge is 0.217 e. The molecule has 112 valence electrons. The highest BCUT2D eigenvalue weighted by molar-refractivity contribution is 7.90. The highest BCUT2D eigenvalue weighted by atomic mass is 32.2. The number of sulfone groups is 1. The van der Waals surface area contributed by atoms with Gasteiger partial charge >= 0.3 is 0 Å². The average molecular weight is 300 g/mol. The van der Waals surface area contributed by atoms with Crippen molar-refractivity contribution >= 4 is 15.7 Å². The molecule has 0 saturated carbocycles. The van der Waals surface area contributed by atoms with Gasteiger partial charge in [-0.05, 0) is 30.7 Å². The fourth-order valence-corrected chi connectivity index (χ4v) is 2.31. The van der Waals surface area contributed by atoms with Gasteiger partial charge in [0.15, 0.2) is 9.84 Å². The Morgan fingerprint density at radius 2 is 1.95 bits per heavy atom. The SMILES string of the molecule is CS(=O)(=O)c1ccc(C(O)CNCCCC(N)=O)cc1. The predicted molar refractivity (Wildman–Crippen MR) is 75.8 cm³/mol. The first kappa shape index (κ1) is 16.6. The lowest BCUT2D eigenvalue weighted by atomic mass is 10.1. The molecule has 6 nitrogen and oxygen atoms in total. The molecule has 4 N–H and O–H groups in total. The zero-order valence-corrected chi connectivity index (χ0v) is 12.2. The molecule has 1 aromatic carbocycles. The second-order valence-corrected chi connectivity index (χ2v) is 6.65. The summed E-state index contributed by atoms with van der Waals surface area (Å²) in [5, 5.41) is 12.9. The van der Waals surface area contributed by atoms with E-state index in [-0.39, 0.29) is 10.8 Å². The summed E-state index contributed by atoms with van der Waals surface area (Å²) in [5.74, 6) is -0.344. The summed E-state index contributed by atoms with van der Waals surface area (Å²) in [6.45, 7) is 0.915. The van der Waals surface area contributed by atoms with Crippen molar-refractivity contribution in [3.05, 3.63) is 29.8 Å². The van der Waals surface area contributed by atoms with Crippen LogP contribution in [0.2, 0.25) is 0 Å². The van der Waals surface area contributed by atoms with E-state index >= 15 is 0 Å². The first-order valence-electron chi connectivity index (χ1n) is 6.28. The molecule has 0 radical (unpaired) electrons. The number of benzene rings is 1. The van der Waals surface area contributed by atoms with Crippen LogP contribution in [0.15, 0.2) is 29.2 Å². The summed E-state index contributed by atoms with van der Waals surface area (Å²) >= 11 is 0. The van der Waals surface area contributed by atoms with Gasteiger partial charge in [0.1, 0.15) is 0 Å². The number of hydrogen-bond donors (Lipinski definition) is 3. The van der Waals surface area contributed by atoms with Crippen molar-refractivity contribution in [2.75, 3.05) is 19.3 Å². The first-order chi connectivity index (χ1) is 9.30. The largest absolute Gasteiger partial charge is 0.387 e. The molecule has 0 aromatic heterocycles. The Labute approximate surface area is 118 Å². The number of nitrogens with two attached hydrogens (primary N) is 1. The monoisotopic (exact) mass is 300 g/mol. The molecule has 0 aliphatic carbocycles. The van der Waals surface area contributed by atoms with Gasteiger partial charge in [0.2, 0.25) is 5.91 Å². The number of rotatable bonds is 8. The van der Waals surface area contributed by atoms with E-state index in [1.54, 1.807) is 12.1 Å². The quantitative estimate of drug-likeness (QED) is 0.584. The highest BCUT2D eigenvalue weighted by Gasteiger charge is 2.10. The number of carbonyl (C=O) groups is 1. The van der Waals surface area contributed by atoms with Crippen molar-refractivity contribution < 1.29 is 18.3 Å². The van der Waals surface area contributed by atoms with Crippen LogP contribution in [0, 0.1) is 0 Å². The Morgan fingerprint density at radius 1 is 1.35 bits per heavy atom. The van der Waals surface area contributed by atoms with Gasteiger partial charge in [-0.2, -0.15) is 0 Å². The van der Waals surface area contributed by atoms with E-state index in [4.69, 9.17) is 5.73 Å². The van der Waals surface area contributed by atoms with E-state index in [2.05, 4.69) is 5.32 Å². The Bertz CT molecular complexity index is 540. The second kappa shape index (κ2) is 7.37. The number of amides is 1. The van der Waals surface area contributed by atoms with Crippen molar-refractivity contribution in [2.24, 2.45) is 5.73 Å². The van der Waals surface area contributed by atoms with Crippen molar-refractivity contribution in [1.82, 2.24) is 5.32 Å². The van der Waals surface area contributed by atoms with Crippen LogP contribution >= 0.6 is 0 Å². The lowest BCUT2D eigenvalue weighted by Gasteiger charge is -2.12. The summed E-state index contributed by atoms with van der Waals surface area (Å²) in [6.07, 6.45) is 1.34. The van der Waals surface area contributed by atoms with Gasteiger partial charge in [0.25, 0.3) is 0 Å². The van der Waals surface area contributed by atoms with Crippen LogP contribution in [0.25, 0.3) is 0 Å². The Kier molecular flexibility index (Phi) is 6.12. The molecule has 0 heterocycles. The van der Waals surface area contributed by atoms with Crippen LogP contribution in [0.5, 0.6) is 0 Å². The molecule has 0 fully saturated rings. The molecule has 1 amide bonds. The first-order valence-corrected chi connectivity index (χ1v) is 8.17. The molecule has 0 spiro atoms. The molecular formula is C13H20N2O4S. The number of hydrogen-bond acceptors (Lipinski definition) is 5. The standard InChI is InChI=1S/C13H20N2O4S/c1-20(18,19)11-6-4-10(5-7-11)12(16)9-15-8-2-3-13(14)17/h4-7,12,15-16H,2-3,8-9H2,1H3,(H2,14,17). The van der Waals surface area contributed by atoms with Crippen molar-refractivity contribution in [3.8, 4) is 0 Å². The fraction of sp³-hybridized carbons (Fsp3) is 0.462. The van der Waals surface area contributed by atoms with Crippen LogP contribution in [0.3, 0.4) is 0 Å². The van der Waals surface area contributed by atoms with Gasteiger partial charge in [-0.3, -0.25) is 4.79 Å². The van der Waals surface area contributed by atoms with E-state index in [9.17, 15) is 18.3 Å². The number of nitrogens with one attached hydrogen (secondary N) is 1. The third-order valence-electron chi connectivity index (χ3n) is 2.81. The molecule has 1 rings (SSSR count). The predicted octanol–water partition coefficient (Wildman–Crippen LogP) is -0.0214. The maximum absolute atomic E-state index is 11.3. The minimum atomic E-state index is -3.22. The minimum Gasteiger partial charge on any atom is -0.387 e. The van der Waals surface area contributed by atoms with E-state index < -0.39 is 15.9 Å². The average Bonchev–Trinajstić information content (AvgIpc) is 2.37. The summed E-state index contributed by atoms with van der Waals surface area (Å²) in [6, 6.07) is 6.13. The zero-order valence-electron chi connectivity index (χ0n) is 11.4. The van der Waals surface area contributed by atoms with E-state index in [0.717, 1.165) is 6.26 Å². The molecule has 0 bridgehead atoms. The second-order valence-electron chi connectivity index (χ2n) is 4.63. The molecule has 1 atom stereocenters. The van der Waals surface area contributed by atoms with Crippen LogP contribution in [0.1, 0.15) is 24.5 Å². The van der Waals surface area contributed by atoms with Gasteiger partial charge in [-0.1, -0.05) is 12.1 Å². The maximum atomic E-state index is 11.3. The van der Waals surface area contributed by atoms with Crippen molar-refractivity contribution in [2.45, 2.75) is 23.8 Å². The molecule has 0 aliphatic rings. The van der Waals surface area contributed by atoms with E-state index in [1.807, 2.05) is 0 Å². The number of aliphatic hydroxyl groups excluding tert-OH is 1. The Morgan fingerprint density at radius 3 is 2.45 bits per heavy atom. The number of primary amides is 1. The lowest BCUT2D eigenvalue weighted by molar-refractivity contribution is -0.118. The normalized spacial score (nSPS) is 13.1. The molecule has 1 unspecified atom stereocenters. The maximum Gasteiger partial charge on any atom is 0.217 e. The summed E-state index contributed by atoms with van der Waals surface area (Å²) in [4.78, 5) is 10.8. The number of carbonyl (C=O) groups excluding carboxylic acids is 1.